The summed E-state index contributed by atoms with van der Waals surface area (Å²) in [6.45, 7) is 18.8. The fourth-order valence-corrected chi connectivity index (χ4v) is 7.84. The van der Waals surface area contributed by atoms with E-state index in [1.165, 1.54) is 43.3 Å². The smallest absolute Gasteiger partial charge is 0.164 e. The van der Waals surface area contributed by atoms with Crippen molar-refractivity contribution in [2.45, 2.75) is 93.4 Å². The number of nitrogens with zero attached hydrogens (tertiary/aromatic N) is 2. The first-order valence-electron chi connectivity index (χ1n) is 16.6. The zero-order valence-corrected chi connectivity index (χ0v) is 32.4. The Balaban J connectivity index is 0.000000242. The first-order valence-corrected chi connectivity index (χ1v) is 17.4. The molecule has 6 heteroatoms. The van der Waals surface area contributed by atoms with Crippen molar-refractivity contribution in [3.63, 3.8) is 0 Å². The van der Waals surface area contributed by atoms with E-state index in [4.69, 9.17) is 9.97 Å². The third kappa shape index (κ3) is 6.62. The van der Waals surface area contributed by atoms with Gasteiger partial charge in [-0.05, 0) is 67.2 Å². The Morgan fingerprint density at radius 3 is 2.28 bits per heavy atom. The molecule has 1 aliphatic rings. The Hall–Kier alpha value is -3.18. The van der Waals surface area contributed by atoms with E-state index in [1.54, 1.807) is 0 Å². The van der Waals surface area contributed by atoms with Crippen molar-refractivity contribution in [2.24, 2.45) is 10.8 Å². The molecule has 1 N–H and O–H groups in total. The summed E-state index contributed by atoms with van der Waals surface area (Å²) in [5, 5.41) is 12.6. The van der Waals surface area contributed by atoms with Gasteiger partial charge in [-0.2, -0.15) is 0 Å². The summed E-state index contributed by atoms with van der Waals surface area (Å²) in [4.78, 5) is 23.2. The first kappa shape index (κ1) is 36.7. The van der Waals surface area contributed by atoms with Gasteiger partial charge in [0.25, 0.3) is 0 Å². The number of carbonyl (C=O) groups excluding carboxylic acids is 1. The average molecular weight is 824 g/mol. The van der Waals surface area contributed by atoms with Gasteiger partial charge in [0.05, 0.1) is 11.3 Å². The van der Waals surface area contributed by atoms with E-state index in [0.717, 1.165) is 48.0 Å². The Morgan fingerprint density at radius 2 is 1.62 bits per heavy atom. The van der Waals surface area contributed by atoms with Gasteiger partial charge in [0.1, 0.15) is 5.76 Å². The van der Waals surface area contributed by atoms with Crippen molar-refractivity contribution >= 4 is 38.1 Å². The third-order valence-electron chi connectivity index (χ3n) is 10.6. The van der Waals surface area contributed by atoms with Crippen molar-refractivity contribution in [1.82, 2.24) is 9.97 Å². The van der Waals surface area contributed by atoms with Crippen molar-refractivity contribution in [3.8, 4) is 21.8 Å². The molecule has 0 atom stereocenters. The summed E-state index contributed by atoms with van der Waals surface area (Å²) in [5.41, 5.74) is 6.50. The molecular formula is C41H47IrN2O2S-. The Morgan fingerprint density at radius 1 is 0.957 bits per heavy atom. The second-order valence-electron chi connectivity index (χ2n) is 13.8. The number of thiophene rings is 1. The van der Waals surface area contributed by atoms with E-state index < -0.39 is 0 Å². The van der Waals surface area contributed by atoms with Crippen LogP contribution in [0, 0.1) is 23.8 Å². The summed E-state index contributed by atoms with van der Waals surface area (Å²) in [6, 6.07) is 22.7. The van der Waals surface area contributed by atoms with E-state index in [9.17, 15) is 9.90 Å². The van der Waals surface area contributed by atoms with Crippen LogP contribution in [0.2, 0.25) is 0 Å². The largest absolute Gasteiger partial charge is 0.512 e. The Bertz CT molecular complexity index is 1950. The van der Waals surface area contributed by atoms with Crippen molar-refractivity contribution in [3.05, 3.63) is 95.4 Å². The van der Waals surface area contributed by atoms with Gasteiger partial charge in [-0.25, -0.2) is 0 Å². The molecule has 6 rings (SSSR count). The monoisotopic (exact) mass is 824 g/mol. The van der Waals surface area contributed by atoms with Crippen molar-refractivity contribution in [2.75, 3.05) is 0 Å². The zero-order valence-electron chi connectivity index (χ0n) is 29.2. The normalized spacial score (nSPS) is 13.9. The van der Waals surface area contributed by atoms with Crippen LogP contribution in [-0.2, 0) is 30.3 Å². The molecule has 0 amide bonds. The van der Waals surface area contributed by atoms with Crippen LogP contribution in [0.3, 0.4) is 0 Å². The molecule has 0 spiro atoms. The van der Waals surface area contributed by atoms with Gasteiger partial charge < -0.3 is 5.11 Å². The maximum absolute atomic E-state index is 12.2. The van der Waals surface area contributed by atoms with Crippen LogP contribution in [0.4, 0.5) is 0 Å². The number of allylic oxidation sites excluding steroid dienone is 2. The second-order valence-corrected chi connectivity index (χ2v) is 14.8. The van der Waals surface area contributed by atoms with Gasteiger partial charge in [-0.1, -0.05) is 90.8 Å². The molecule has 0 saturated carbocycles. The van der Waals surface area contributed by atoms with Crippen LogP contribution in [0.15, 0.2) is 72.6 Å². The number of aryl methyl sites for hydroxylation is 1. The van der Waals surface area contributed by atoms with Gasteiger partial charge in [0.15, 0.2) is 5.78 Å². The molecule has 249 valence electrons. The van der Waals surface area contributed by atoms with Crippen LogP contribution in [0.25, 0.3) is 42.8 Å². The molecule has 0 bridgehead atoms. The minimum atomic E-state index is -0.337. The molecule has 0 aliphatic heterocycles. The summed E-state index contributed by atoms with van der Waals surface area (Å²) < 4.78 is 1.35. The number of benzene rings is 3. The second kappa shape index (κ2) is 14.1. The number of aliphatic hydroxyl groups excluding tert-OH is 1. The fourth-order valence-electron chi connectivity index (χ4n) is 6.45. The number of rotatable bonds is 8. The Labute approximate surface area is 298 Å². The average Bonchev–Trinajstić information content (AvgIpc) is 3.57. The van der Waals surface area contributed by atoms with Crippen molar-refractivity contribution in [1.29, 1.82) is 0 Å². The minimum Gasteiger partial charge on any atom is -0.512 e. The van der Waals surface area contributed by atoms with Crippen LogP contribution in [-0.4, -0.2) is 20.9 Å². The number of ketones is 1. The molecule has 0 saturated heterocycles. The zero-order chi connectivity index (χ0) is 33.4. The van der Waals surface area contributed by atoms with E-state index in [0.29, 0.717) is 0 Å². The van der Waals surface area contributed by atoms with Gasteiger partial charge >= 0.3 is 0 Å². The van der Waals surface area contributed by atoms with Crippen molar-refractivity contribution < 1.29 is 30.0 Å². The number of hydrogen-bond acceptors (Lipinski definition) is 5. The number of aromatic nitrogens is 2. The molecule has 1 radical (unpaired) electrons. The molecular weight excluding hydrogens is 777 g/mol. The van der Waals surface area contributed by atoms with Gasteiger partial charge in [0.2, 0.25) is 0 Å². The fraction of sp³-hybridized carbons (Fsp3) is 0.390. The molecule has 2 aromatic heterocycles. The van der Waals surface area contributed by atoms with E-state index in [1.807, 2.05) is 65.1 Å². The number of aliphatic hydroxyl groups is 1. The number of fused-ring (bicyclic) bond motifs is 6. The first-order chi connectivity index (χ1) is 21.8. The maximum Gasteiger partial charge on any atom is 0.164 e. The van der Waals surface area contributed by atoms with Crippen LogP contribution < -0.4 is 0 Å². The summed E-state index contributed by atoms with van der Waals surface area (Å²) >= 11 is 1.88. The molecule has 4 nitrogen and oxygen atoms in total. The minimum absolute atomic E-state index is 0. The molecule has 3 aromatic carbocycles. The quantitative estimate of drug-likeness (QED) is 0.0962. The number of hydrogen-bond donors (Lipinski definition) is 1. The molecule has 0 fully saturated rings. The maximum atomic E-state index is 12.2. The van der Waals surface area contributed by atoms with Crippen LogP contribution in [0.1, 0.15) is 97.8 Å². The van der Waals surface area contributed by atoms with Crippen LogP contribution >= 0.6 is 11.3 Å². The molecule has 5 aromatic rings. The SMILES string of the molecule is CCC(C)(CC)C(=O)/C=C(\O)C(C)(CC)CC.Cc1ccc2nc(-c3[c-]ccc4c3C(C)(C)c3c-4sc4ccccc34)ncc2c1.[Ir]. The van der Waals surface area contributed by atoms with E-state index >= 15 is 0 Å². The van der Waals surface area contributed by atoms with Crippen LogP contribution in [0.5, 0.6) is 0 Å². The molecule has 47 heavy (non-hydrogen) atoms. The van der Waals surface area contributed by atoms with Gasteiger partial charge in [0, 0.05) is 58.2 Å². The summed E-state index contributed by atoms with van der Waals surface area (Å²) in [6.07, 6.45) is 6.69. The number of carbonyl (C=O) groups is 1. The summed E-state index contributed by atoms with van der Waals surface area (Å²) in [5.74, 6) is 1.04. The summed E-state index contributed by atoms with van der Waals surface area (Å²) in [7, 11) is 0. The predicted molar refractivity (Wildman–Crippen MR) is 195 cm³/mol. The topological polar surface area (TPSA) is 63.1 Å². The van der Waals surface area contributed by atoms with Gasteiger partial charge in [-0.15, -0.1) is 40.7 Å². The van der Waals surface area contributed by atoms with Gasteiger partial charge in [-0.3, -0.25) is 14.8 Å². The molecule has 2 heterocycles. The Kier molecular flexibility index (Phi) is 11.0. The standard InChI is InChI=1S/C26H19N2S.C15H28O2.Ir/c1-15-11-12-20-16(13-15)14-27-25(28-20)19-9-6-8-18-22(19)26(2,3)23-17-7-4-5-10-21(17)29-24(18)23;1-7-14(5,8-2)12(16)11-13(17)15(6,9-3)10-4;/h4-8,10-14H,1-3H3;11,16H,7-10H2,1-6H3;/q-1;;/b;12-11-;. The van der Waals surface area contributed by atoms with E-state index in [2.05, 4.69) is 75.4 Å². The predicted octanol–water partition coefficient (Wildman–Crippen LogP) is 11.6. The van der Waals surface area contributed by atoms with E-state index in [-0.39, 0.29) is 47.9 Å². The molecule has 1 aliphatic carbocycles. The molecule has 0 unspecified atom stereocenters. The third-order valence-corrected chi connectivity index (χ3v) is 11.9.